The van der Waals surface area contributed by atoms with E-state index in [1.807, 2.05) is 0 Å². The number of hydrogen-bond donors (Lipinski definition) is 1. The van der Waals surface area contributed by atoms with Crippen LogP contribution in [0.4, 0.5) is 5.95 Å². The maximum absolute atomic E-state index is 5.24. The first-order valence-corrected chi connectivity index (χ1v) is 3.73. The highest BCUT2D eigenvalue weighted by Crippen LogP contribution is 2.07. The zero-order chi connectivity index (χ0) is 6.53. The topological polar surface area (TPSA) is 50.7 Å². The molecular formula is C3H3ClN4S. The molecule has 6 heteroatoms. The van der Waals surface area contributed by atoms with Gasteiger partial charge in [-0.1, -0.05) is 0 Å². The van der Waals surface area contributed by atoms with Crippen LogP contribution in [0.15, 0.2) is 12.7 Å². The first kappa shape index (κ1) is 6.57. The fourth-order valence-corrected chi connectivity index (χ4v) is 0.708. The van der Waals surface area contributed by atoms with Crippen molar-refractivity contribution in [2.24, 2.45) is 0 Å². The quantitative estimate of drug-likeness (QED) is 0.660. The summed E-state index contributed by atoms with van der Waals surface area (Å²) in [5.41, 5.74) is 0. The third kappa shape index (κ3) is 2.03. The van der Waals surface area contributed by atoms with Gasteiger partial charge in [0.2, 0.25) is 5.95 Å². The molecule has 1 N–H and O–H groups in total. The van der Waals surface area contributed by atoms with Crippen LogP contribution in [0.5, 0.6) is 0 Å². The molecule has 0 atom stereocenters. The second-order valence-corrected chi connectivity index (χ2v) is 1.96. The molecule has 1 aromatic rings. The second kappa shape index (κ2) is 3.47. The van der Waals surface area contributed by atoms with Crippen LogP contribution in [0.25, 0.3) is 0 Å². The lowest BCUT2D eigenvalue weighted by Crippen LogP contribution is -1.90. The van der Waals surface area contributed by atoms with Crippen LogP contribution >= 0.6 is 21.8 Å². The van der Waals surface area contributed by atoms with Crippen molar-refractivity contribution in [3.63, 3.8) is 0 Å². The first-order chi connectivity index (χ1) is 4.43. The molecule has 0 unspecified atom stereocenters. The number of anilines is 1. The van der Waals surface area contributed by atoms with E-state index in [-0.39, 0.29) is 0 Å². The van der Waals surface area contributed by atoms with Gasteiger partial charge in [-0.3, -0.25) is 4.72 Å². The van der Waals surface area contributed by atoms with Crippen LogP contribution in [0.2, 0.25) is 0 Å². The lowest BCUT2D eigenvalue weighted by molar-refractivity contribution is 1.06. The van der Waals surface area contributed by atoms with Gasteiger partial charge in [0.25, 0.3) is 0 Å². The van der Waals surface area contributed by atoms with Crippen LogP contribution in [0, 0.1) is 0 Å². The highest BCUT2D eigenvalue weighted by molar-refractivity contribution is 8.22. The molecule has 0 saturated heterocycles. The smallest absolute Gasteiger partial charge is 0.236 e. The van der Waals surface area contributed by atoms with Gasteiger partial charge in [-0.25, -0.2) is 15.0 Å². The number of rotatable bonds is 2. The van der Waals surface area contributed by atoms with Gasteiger partial charge in [0.15, 0.2) is 0 Å². The second-order valence-electron chi connectivity index (χ2n) is 1.14. The van der Waals surface area contributed by atoms with Gasteiger partial charge in [-0.15, -0.1) is 0 Å². The maximum Gasteiger partial charge on any atom is 0.236 e. The monoisotopic (exact) mass is 162 g/mol. The molecule has 0 amide bonds. The minimum absolute atomic E-state index is 0.463. The van der Waals surface area contributed by atoms with Crippen molar-refractivity contribution in [1.82, 2.24) is 15.0 Å². The third-order valence-electron chi connectivity index (χ3n) is 0.623. The molecule has 0 saturated carbocycles. The molecule has 9 heavy (non-hydrogen) atoms. The summed E-state index contributed by atoms with van der Waals surface area (Å²) in [5, 5.41) is 0. The van der Waals surface area contributed by atoms with Crippen molar-refractivity contribution in [2.45, 2.75) is 0 Å². The molecule has 0 aliphatic heterocycles. The van der Waals surface area contributed by atoms with Gasteiger partial charge in [0.05, 0.1) is 11.2 Å². The van der Waals surface area contributed by atoms with Crippen molar-refractivity contribution in [1.29, 1.82) is 0 Å². The summed E-state index contributed by atoms with van der Waals surface area (Å²) in [4.78, 5) is 11.1. The van der Waals surface area contributed by atoms with Crippen molar-refractivity contribution in [2.75, 3.05) is 4.72 Å². The molecule has 0 aliphatic rings. The first-order valence-electron chi connectivity index (χ1n) is 2.09. The Labute approximate surface area is 60.7 Å². The van der Waals surface area contributed by atoms with Crippen LogP contribution in [0.1, 0.15) is 0 Å². The third-order valence-corrected chi connectivity index (χ3v) is 1.11. The van der Waals surface area contributed by atoms with E-state index >= 15 is 0 Å². The minimum atomic E-state index is 0.463. The standard InChI is InChI=1S/C3H3ClN4S/c4-9-8-3-6-1-5-2-7-3/h1-2H,(H,5,6,7,8). The molecule has 0 aliphatic carbocycles. The summed E-state index contributed by atoms with van der Waals surface area (Å²) in [7, 11) is 5.24. The van der Waals surface area contributed by atoms with Crippen LogP contribution in [0.3, 0.4) is 0 Å². The maximum atomic E-state index is 5.24. The summed E-state index contributed by atoms with van der Waals surface area (Å²) in [6, 6.07) is 0. The number of nitrogens with zero attached hydrogens (tertiary/aromatic N) is 3. The van der Waals surface area contributed by atoms with Gasteiger partial charge >= 0.3 is 0 Å². The van der Waals surface area contributed by atoms with Crippen LogP contribution < -0.4 is 4.72 Å². The summed E-state index contributed by atoms with van der Waals surface area (Å²) in [5.74, 6) is 0.463. The Bertz CT molecular complexity index is 169. The summed E-state index contributed by atoms with van der Waals surface area (Å²) < 4.78 is 2.63. The van der Waals surface area contributed by atoms with E-state index in [0.29, 0.717) is 5.95 Å². The Morgan fingerprint density at radius 3 is 2.67 bits per heavy atom. The van der Waals surface area contributed by atoms with Crippen LogP contribution in [-0.4, -0.2) is 15.0 Å². The zero-order valence-corrected chi connectivity index (χ0v) is 5.85. The Hall–Kier alpha value is -0.550. The molecule has 0 bridgehead atoms. The molecule has 1 rings (SSSR count). The van der Waals surface area contributed by atoms with E-state index < -0.39 is 0 Å². The summed E-state index contributed by atoms with van der Waals surface area (Å²) >= 11 is 0.924. The Kier molecular flexibility index (Phi) is 2.53. The van der Waals surface area contributed by atoms with Gasteiger partial charge in [0.1, 0.15) is 12.7 Å². The summed E-state index contributed by atoms with van der Waals surface area (Å²) in [6.07, 6.45) is 2.78. The number of nitrogens with one attached hydrogen (secondary N) is 1. The minimum Gasteiger partial charge on any atom is -0.285 e. The average molecular weight is 163 g/mol. The van der Waals surface area contributed by atoms with E-state index in [1.54, 1.807) is 0 Å². The Balaban J connectivity index is 2.61. The molecule has 1 heterocycles. The van der Waals surface area contributed by atoms with E-state index in [2.05, 4.69) is 19.7 Å². The average Bonchev–Trinajstić information content (AvgIpc) is 1.91. The van der Waals surface area contributed by atoms with Gasteiger partial charge in [-0.05, 0) is 10.7 Å². The Morgan fingerprint density at radius 1 is 1.44 bits per heavy atom. The van der Waals surface area contributed by atoms with Crippen molar-refractivity contribution >= 4 is 27.8 Å². The van der Waals surface area contributed by atoms with E-state index in [4.69, 9.17) is 10.7 Å². The molecule has 0 aromatic carbocycles. The molecule has 0 radical (unpaired) electrons. The lowest BCUT2D eigenvalue weighted by Gasteiger charge is -1.92. The molecule has 48 valence electrons. The number of hydrogen-bond acceptors (Lipinski definition) is 5. The van der Waals surface area contributed by atoms with Crippen molar-refractivity contribution < 1.29 is 0 Å². The highest BCUT2D eigenvalue weighted by atomic mass is 35.7. The normalized spacial score (nSPS) is 9.00. The van der Waals surface area contributed by atoms with E-state index in [1.165, 1.54) is 12.7 Å². The number of halogens is 1. The predicted octanol–water partition coefficient (Wildman–Crippen LogP) is 1.09. The van der Waals surface area contributed by atoms with Crippen LogP contribution in [-0.2, 0) is 0 Å². The molecule has 0 spiro atoms. The van der Waals surface area contributed by atoms with Crippen molar-refractivity contribution in [3.05, 3.63) is 12.7 Å². The van der Waals surface area contributed by atoms with E-state index in [9.17, 15) is 0 Å². The largest absolute Gasteiger partial charge is 0.285 e. The summed E-state index contributed by atoms with van der Waals surface area (Å²) in [6.45, 7) is 0. The fourth-order valence-electron chi connectivity index (χ4n) is 0.326. The number of aromatic nitrogens is 3. The molecular weight excluding hydrogens is 160 g/mol. The predicted molar refractivity (Wildman–Crippen MR) is 36.9 cm³/mol. The molecule has 4 nitrogen and oxygen atoms in total. The van der Waals surface area contributed by atoms with E-state index in [0.717, 1.165) is 11.2 Å². The van der Waals surface area contributed by atoms with Crippen molar-refractivity contribution in [3.8, 4) is 0 Å². The van der Waals surface area contributed by atoms with Gasteiger partial charge in [0, 0.05) is 0 Å². The van der Waals surface area contributed by atoms with Gasteiger partial charge in [-0.2, -0.15) is 0 Å². The highest BCUT2D eigenvalue weighted by Gasteiger charge is 1.87. The Morgan fingerprint density at radius 2 is 2.11 bits per heavy atom. The fraction of sp³-hybridized carbons (Fsp3) is 0. The molecule has 0 fully saturated rings. The zero-order valence-electron chi connectivity index (χ0n) is 4.28. The van der Waals surface area contributed by atoms with Gasteiger partial charge < -0.3 is 0 Å². The SMILES string of the molecule is ClSNc1ncncn1. The lowest BCUT2D eigenvalue weighted by atomic mass is 11.0. The molecule has 1 aromatic heterocycles.